The van der Waals surface area contributed by atoms with Crippen LogP contribution in [0, 0.1) is 5.92 Å². The number of hydrogen-bond acceptors (Lipinski definition) is 5. The van der Waals surface area contributed by atoms with E-state index in [0.29, 0.717) is 24.8 Å². The van der Waals surface area contributed by atoms with Gasteiger partial charge in [0.2, 0.25) is 5.78 Å². The Bertz CT molecular complexity index is 511. The molecule has 1 saturated heterocycles. The van der Waals surface area contributed by atoms with Crippen molar-refractivity contribution in [2.24, 2.45) is 5.92 Å². The van der Waals surface area contributed by atoms with E-state index in [1.807, 2.05) is 20.8 Å². The van der Waals surface area contributed by atoms with E-state index < -0.39 is 5.60 Å². The number of amides is 1. The van der Waals surface area contributed by atoms with Crippen LogP contribution in [0.4, 0.5) is 4.79 Å². The molecule has 0 atom stereocenters. The normalized spacial score (nSPS) is 16.4. The Morgan fingerprint density at radius 3 is 2.61 bits per heavy atom. The zero-order valence-corrected chi connectivity index (χ0v) is 14.1. The Morgan fingerprint density at radius 1 is 1.35 bits per heavy atom. The summed E-state index contributed by atoms with van der Waals surface area (Å²) in [7, 11) is 0. The van der Waals surface area contributed by atoms with Crippen molar-refractivity contribution in [2.75, 3.05) is 26.2 Å². The van der Waals surface area contributed by atoms with E-state index in [2.05, 4.69) is 5.32 Å². The number of furan rings is 1. The molecule has 0 radical (unpaired) electrons. The third-order valence-corrected chi connectivity index (χ3v) is 3.78. The number of ether oxygens (including phenoxy) is 1. The van der Waals surface area contributed by atoms with Crippen LogP contribution in [-0.4, -0.2) is 48.6 Å². The minimum absolute atomic E-state index is 0.0406. The highest BCUT2D eigenvalue weighted by Crippen LogP contribution is 2.19. The van der Waals surface area contributed by atoms with Gasteiger partial charge in [-0.05, 0) is 58.2 Å². The van der Waals surface area contributed by atoms with E-state index in [0.717, 1.165) is 19.4 Å². The van der Waals surface area contributed by atoms with E-state index in [1.165, 1.54) is 6.26 Å². The van der Waals surface area contributed by atoms with Gasteiger partial charge in [0.25, 0.3) is 0 Å². The molecule has 0 bridgehead atoms. The van der Waals surface area contributed by atoms with Crippen LogP contribution in [0.3, 0.4) is 0 Å². The molecule has 0 spiro atoms. The zero-order chi connectivity index (χ0) is 16.9. The lowest BCUT2D eigenvalue weighted by Crippen LogP contribution is -2.43. The number of carbonyl (C=O) groups excluding carboxylic acids is 2. The lowest BCUT2D eigenvalue weighted by Gasteiger charge is -2.33. The third-order valence-electron chi connectivity index (χ3n) is 3.78. The molecule has 23 heavy (non-hydrogen) atoms. The maximum atomic E-state index is 12.0. The van der Waals surface area contributed by atoms with Gasteiger partial charge in [-0.1, -0.05) is 0 Å². The molecular weight excluding hydrogens is 296 g/mol. The van der Waals surface area contributed by atoms with Crippen LogP contribution in [0.5, 0.6) is 0 Å². The summed E-state index contributed by atoms with van der Waals surface area (Å²) in [6, 6.07) is 3.38. The number of ketones is 1. The number of nitrogens with one attached hydrogen (secondary N) is 1. The van der Waals surface area contributed by atoms with Gasteiger partial charge in [-0.3, -0.25) is 4.79 Å². The molecule has 0 saturated carbocycles. The summed E-state index contributed by atoms with van der Waals surface area (Å²) >= 11 is 0. The average Bonchev–Trinajstić information content (AvgIpc) is 3.00. The van der Waals surface area contributed by atoms with Gasteiger partial charge >= 0.3 is 6.09 Å². The molecular formula is C17H26N2O4. The largest absolute Gasteiger partial charge is 0.461 e. The van der Waals surface area contributed by atoms with Gasteiger partial charge < -0.3 is 19.4 Å². The minimum atomic E-state index is -0.457. The number of nitrogens with zero attached hydrogens (tertiary/aromatic N) is 1. The standard InChI is InChI=1S/C17H26N2O4/c1-17(2,3)23-16(21)19-8-6-13(7-9-19)11-18-12-14(20)15-5-4-10-22-15/h4-5,10,13,18H,6-9,11-12H2,1-3H3. The molecule has 0 aromatic carbocycles. The van der Waals surface area contributed by atoms with Crippen LogP contribution in [0.2, 0.25) is 0 Å². The Labute approximate surface area is 137 Å². The maximum Gasteiger partial charge on any atom is 0.410 e. The lowest BCUT2D eigenvalue weighted by molar-refractivity contribution is 0.0184. The fraction of sp³-hybridized carbons (Fsp3) is 0.647. The molecule has 2 rings (SSSR count). The molecule has 1 fully saturated rings. The van der Waals surface area contributed by atoms with E-state index in [4.69, 9.17) is 9.15 Å². The monoisotopic (exact) mass is 322 g/mol. The quantitative estimate of drug-likeness (QED) is 0.844. The second-order valence-corrected chi connectivity index (χ2v) is 6.94. The maximum absolute atomic E-state index is 12.0. The number of carbonyl (C=O) groups is 2. The fourth-order valence-electron chi connectivity index (χ4n) is 2.56. The predicted octanol–water partition coefficient (Wildman–Crippen LogP) is 2.70. The van der Waals surface area contributed by atoms with Crippen LogP contribution >= 0.6 is 0 Å². The second-order valence-electron chi connectivity index (χ2n) is 6.94. The van der Waals surface area contributed by atoms with Gasteiger partial charge in [0.1, 0.15) is 5.60 Å². The number of Topliss-reactive ketones (excluding diaryl/α,β-unsaturated/α-hetero) is 1. The Kier molecular flexibility index (Phi) is 5.82. The summed E-state index contributed by atoms with van der Waals surface area (Å²) in [5.74, 6) is 0.816. The topological polar surface area (TPSA) is 71.8 Å². The van der Waals surface area contributed by atoms with Crippen molar-refractivity contribution >= 4 is 11.9 Å². The number of piperidine rings is 1. The number of rotatable bonds is 5. The van der Waals surface area contributed by atoms with E-state index in [9.17, 15) is 9.59 Å². The summed E-state index contributed by atoms with van der Waals surface area (Å²) in [6.45, 7) is 8.07. The summed E-state index contributed by atoms with van der Waals surface area (Å²) < 4.78 is 10.5. The van der Waals surface area contributed by atoms with Crippen LogP contribution < -0.4 is 5.32 Å². The SMILES string of the molecule is CC(C)(C)OC(=O)N1CCC(CNCC(=O)c2ccco2)CC1. The zero-order valence-electron chi connectivity index (χ0n) is 14.1. The highest BCUT2D eigenvalue weighted by molar-refractivity contribution is 5.94. The number of likely N-dealkylation sites (tertiary alicyclic amines) is 1. The molecule has 1 amide bonds. The van der Waals surface area contributed by atoms with Crippen molar-refractivity contribution < 1.29 is 18.7 Å². The highest BCUT2D eigenvalue weighted by Gasteiger charge is 2.26. The van der Waals surface area contributed by atoms with E-state index in [1.54, 1.807) is 17.0 Å². The molecule has 1 aromatic heterocycles. The molecule has 2 heterocycles. The highest BCUT2D eigenvalue weighted by atomic mass is 16.6. The van der Waals surface area contributed by atoms with Gasteiger partial charge in [-0.25, -0.2) is 4.79 Å². The van der Waals surface area contributed by atoms with E-state index in [-0.39, 0.29) is 18.4 Å². The van der Waals surface area contributed by atoms with Crippen molar-refractivity contribution in [2.45, 2.75) is 39.2 Å². The predicted molar refractivity (Wildman–Crippen MR) is 86.4 cm³/mol. The summed E-state index contributed by atoms with van der Waals surface area (Å²) in [6.07, 6.45) is 3.10. The van der Waals surface area contributed by atoms with Gasteiger partial charge in [0.15, 0.2) is 5.76 Å². The Morgan fingerprint density at radius 2 is 2.04 bits per heavy atom. The molecule has 6 nitrogen and oxygen atoms in total. The smallest absolute Gasteiger partial charge is 0.410 e. The van der Waals surface area contributed by atoms with Crippen LogP contribution in [0.1, 0.15) is 44.2 Å². The van der Waals surface area contributed by atoms with Crippen molar-refractivity contribution in [3.05, 3.63) is 24.2 Å². The van der Waals surface area contributed by atoms with Gasteiger partial charge in [0.05, 0.1) is 12.8 Å². The summed E-state index contributed by atoms with van der Waals surface area (Å²) in [5.41, 5.74) is -0.457. The molecule has 1 aliphatic heterocycles. The lowest BCUT2D eigenvalue weighted by atomic mass is 9.97. The van der Waals surface area contributed by atoms with Crippen molar-refractivity contribution in [3.63, 3.8) is 0 Å². The Balaban J connectivity index is 1.65. The van der Waals surface area contributed by atoms with Crippen molar-refractivity contribution in [3.8, 4) is 0 Å². The first-order chi connectivity index (χ1) is 10.8. The molecule has 1 aliphatic rings. The van der Waals surface area contributed by atoms with Gasteiger partial charge in [-0.2, -0.15) is 0 Å². The van der Waals surface area contributed by atoms with E-state index >= 15 is 0 Å². The molecule has 128 valence electrons. The Hall–Kier alpha value is -1.82. The summed E-state index contributed by atoms with van der Waals surface area (Å²) in [4.78, 5) is 25.5. The molecule has 0 unspecified atom stereocenters. The first kappa shape index (κ1) is 17.5. The third kappa shape index (κ3) is 5.71. The summed E-state index contributed by atoms with van der Waals surface area (Å²) in [5, 5.41) is 3.18. The van der Waals surface area contributed by atoms with Gasteiger partial charge in [0, 0.05) is 13.1 Å². The average molecular weight is 322 g/mol. The van der Waals surface area contributed by atoms with Crippen molar-refractivity contribution in [1.29, 1.82) is 0 Å². The fourth-order valence-corrected chi connectivity index (χ4v) is 2.56. The van der Waals surface area contributed by atoms with Gasteiger partial charge in [-0.15, -0.1) is 0 Å². The molecule has 6 heteroatoms. The minimum Gasteiger partial charge on any atom is -0.461 e. The van der Waals surface area contributed by atoms with Crippen LogP contribution in [-0.2, 0) is 4.74 Å². The van der Waals surface area contributed by atoms with Crippen LogP contribution in [0.25, 0.3) is 0 Å². The first-order valence-electron chi connectivity index (χ1n) is 8.10. The van der Waals surface area contributed by atoms with Crippen LogP contribution in [0.15, 0.2) is 22.8 Å². The number of hydrogen-bond donors (Lipinski definition) is 1. The van der Waals surface area contributed by atoms with Crippen molar-refractivity contribution in [1.82, 2.24) is 10.2 Å². The second kappa shape index (κ2) is 7.64. The molecule has 1 aromatic rings. The molecule has 0 aliphatic carbocycles. The molecule has 1 N–H and O–H groups in total. The first-order valence-corrected chi connectivity index (χ1v) is 8.10.